The van der Waals surface area contributed by atoms with Gasteiger partial charge in [-0.1, -0.05) is 20.8 Å². The molecule has 0 aromatic heterocycles. The molecule has 1 atom stereocenters. The highest BCUT2D eigenvalue weighted by molar-refractivity contribution is 7.96. The maximum absolute atomic E-state index is 11.6. The highest BCUT2D eigenvalue weighted by Gasteiger charge is 2.27. The van der Waals surface area contributed by atoms with Crippen molar-refractivity contribution in [3.63, 3.8) is 0 Å². The molecule has 0 bridgehead atoms. The van der Waals surface area contributed by atoms with Crippen molar-refractivity contribution in [2.24, 2.45) is 5.41 Å². The zero-order chi connectivity index (χ0) is 12.2. The molecule has 4 nitrogen and oxygen atoms in total. The molecule has 1 amide bonds. The van der Waals surface area contributed by atoms with E-state index in [0.717, 1.165) is 0 Å². The largest absolute Gasteiger partial charge is 0.345 e. The van der Waals surface area contributed by atoms with Gasteiger partial charge in [-0.05, 0) is 0 Å². The highest BCUT2D eigenvalue weighted by Crippen LogP contribution is 2.18. The van der Waals surface area contributed by atoms with Crippen molar-refractivity contribution in [1.82, 2.24) is 5.32 Å². The molecule has 0 spiro atoms. The van der Waals surface area contributed by atoms with E-state index < -0.39 is 16.6 Å². The minimum Gasteiger partial charge on any atom is -0.345 e. The number of hydrogen-bond donors (Lipinski definition) is 2. The minimum absolute atomic E-state index is 0.00852. The van der Waals surface area contributed by atoms with Gasteiger partial charge in [0.25, 0.3) is 0 Å². The molecule has 0 aliphatic heterocycles. The smallest absolute Gasteiger partial charge is 0.217 e. The Bertz CT molecular complexity index is 281. The zero-order valence-corrected chi connectivity index (χ0v) is 10.4. The number of Topliss-reactive ketones (excluding diaryl/α,β-unsaturated/α-hetero) is 1. The number of carbonyl (C=O) groups excluding carboxylic acids is 3. The molecule has 0 heterocycles. The fourth-order valence-electron chi connectivity index (χ4n) is 0.937. The predicted molar refractivity (Wildman–Crippen MR) is 60.7 cm³/mol. The lowest BCUT2D eigenvalue weighted by Crippen LogP contribution is -2.41. The fourth-order valence-corrected chi connectivity index (χ4v) is 1.09. The molecule has 0 fully saturated rings. The Morgan fingerprint density at radius 3 is 2.00 bits per heavy atom. The fraction of sp³-hybridized carbons (Fsp3) is 0.700. The molecule has 86 valence electrons. The average molecular weight is 231 g/mol. The van der Waals surface area contributed by atoms with Crippen LogP contribution in [0.25, 0.3) is 0 Å². The van der Waals surface area contributed by atoms with Gasteiger partial charge in [0.15, 0.2) is 0 Å². The van der Waals surface area contributed by atoms with Crippen LogP contribution in [0.3, 0.4) is 0 Å². The van der Waals surface area contributed by atoms with Gasteiger partial charge in [0.05, 0.1) is 0 Å². The average Bonchev–Trinajstić information content (AvgIpc) is 1.99. The Hall–Kier alpha value is -0.840. The summed E-state index contributed by atoms with van der Waals surface area (Å²) in [5.74, 6) is -0.423. The van der Waals surface area contributed by atoms with Gasteiger partial charge < -0.3 is 5.32 Å². The van der Waals surface area contributed by atoms with Crippen LogP contribution < -0.4 is 5.32 Å². The summed E-state index contributed by atoms with van der Waals surface area (Å²) in [5.41, 5.74) is -0.514. The number of amides is 1. The number of ketones is 1. The lowest BCUT2D eigenvalue weighted by molar-refractivity contribution is -0.129. The van der Waals surface area contributed by atoms with E-state index in [4.69, 9.17) is 0 Å². The van der Waals surface area contributed by atoms with E-state index in [0.29, 0.717) is 0 Å². The predicted octanol–water partition coefficient (Wildman–Crippen LogP) is 0.953. The molecule has 0 aromatic carbocycles. The second-order valence-electron chi connectivity index (χ2n) is 4.47. The first kappa shape index (κ1) is 14.2. The van der Waals surface area contributed by atoms with E-state index in [9.17, 15) is 14.4 Å². The van der Waals surface area contributed by atoms with Crippen LogP contribution in [-0.4, -0.2) is 22.8 Å². The van der Waals surface area contributed by atoms with Crippen LogP contribution in [0, 0.1) is 5.41 Å². The van der Waals surface area contributed by atoms with Crippen LogP contribution in [-0.2, 0) is 14.4 Å². The zero-order valence-electron chi connectivity index (χ0n) is 9.46. The van der Waals surface area contributed by atoms with E-state index >= 15 is 0 Å². The molecule has 15 heavy (non-hydrogen) atoms. The van der Waals surface area contributed by atoms with Crippen LogP contribution in [0.4, 0.5) is 0 Å². The van der Waals surface area contributed by atoms with Crippen molar-refractivity contribution in [2.75, 3.05) is 0 Å². The minimum atomic E-state index is -0.822. The van der Waals surface area contributed by atoms with Gasteiger partial charge in [-0.2, -0.15) is 0 Å². The van der Waals surface area contributed by atoms with Crippen LogP contribution in [0.2, 0.25) is 0 Å². The molecule has 0 saturated carbocycles. The normalized spacial score (nSPS) is 13.1. The monoisotopic (exact) mass is 231 g/mol. The van der Waals surface area contributed by atoms with Gasteiger partial charge in [0.2, 0.25) is 11.0 Å². The first-order valence-electron chi connectivity index (χ1n) is 4.68. The summed E-state index contributed by atoms with van der Waals surface area (Å²) in [5, 5.41) is 1.90. The molecule has 0 aromatic rings. The summed E-state index contributed by atoms with van der Waals surface area (Å²) in [6, 6.07) is -0.822. The van der Waals surface area contributed by atoms with Gasteiger partial charge in [0.1, 0.15) is 11.8 Å². The topological polar surface area (TPSA) is 63.2 Å². The second kappa shape index (κ2) is 5.30. The van der Waals surface area contributed by atoms with Crippen molar-refractivity contribution in [3.8, 4) is 0 Å². The molecule has 0 aliphatic rings. The standard InChI is InChI=1S/C10H17NO3S/c1-6(12)11-7(9(14)15)5-8(13)10(2,3)4/h7H,5H2,1-4H3,(H,11,12)(H,14,15)/t7-/m1/s1. The van der Waals surface area contributed by atoms with E-state index in [1.807, 2.05) is 0 Å². The molecular formula is C10H17NO3S. The van der Waals surface area contributed by atoms with Crippen molar-refractivity contribution >= 4 is 29.4 Å². The molecular weight excluding hydrogens is 214 g/mol. The van der Waals surface area contributed by atoms with E-state index in [1.165, 1.54) is 6.92 Å². The van der Waals surface area contributed by atoms with Gasteiger partial charge in [0, 0.05) is 18.8 Å². The van der Waals surface area contributed by atoms with E-state index in [1.54, 1.807) is 20.8 Å². The molecule has 0 unspecified atom stereocenters. The molecule has 0 aliphatic carbocycles. The van der Waals surface area contributed by atoms with Crippen LogP contribution in [0.5, 0.6) is 0 Å². The maximum Gasteiger partial charge on any atom is 0.217 e. The number of thiol groups is 1. The first-order valence-corrected chi connectivity index (χ1v) is 5.12. The van der Waals surface area contributed by atoms with Crippen LogP contribution in [0.15, 0.2) is 0 Å². The lowest BCUT2D eigenvalue weighted by Gasteiger charge is -2.20. The number of nitrogens with one attached hydrogen (secondary N) is 1. The van der Waals surface area contributed by atoms with Crippen molar-refractivity contribution in [2.45, 2.75) is 40.2 Å². The Balaban J connectivity index is 4.50. The van der Waals surface area contributed by atoms with Crippen molar-refractivity contribution < 1.29 is 14.4 Å². The van der Waals surface area contributed by atoms with Crippen molar-refractivity contribution in [3.05, 3.63) is 0 Å². The van der Waals surface area contributed by atoms with Crippen molar-refractivity contribution in [1.29, 1.82) is 0 Å². The summed E-state index contributed by atoms with van der Waals surface area (Å²) in [6.45, 7) is 6.60. The Morgan fingerprint density at radius 2 is 1.73 bits per heavy atom. The third kappa shape index (κ3) is 5.57. The van der Waals surface area contributed by atoms with Gasteiger partial charge >= 0.3 is 0 Å². The lowest BCUT2D eigenvalue weighted by atomic mass is 9.87. The van der Waals surface area contributed by atoms with Gasteiger partial charge in [-0.25, -0.2) is 0 Å². The summed E-state index contributed by atoms with van der Waals surface area (Å²) in [6.07, 6.45) is -0.00852. The van der Waals surface area contributed by atoms with Gasteiger partial charge in [-0.3, -0.25) is 14.4 Å². The number of rotatable bonds is 4. The quantitative estimate of drug-likeness (QED) is 0.708. The SMILES string of the molecule is CC(=O)N[C@H](CC(=O)C(C)(C)C)C(=O)S. The molecule has 5 heteroatoms. The maximum atomic E-state index is 11.6. The summed E-state index contributed by atoms with van der Waals surface area (Å²) in [4.78, 5) is 33.4. The molecule has 0 radical (unpaired) electrons. The van der Waals surface area contributed by atoms with E-state index in [2.05, 4.69) is 17.9 Å². The molecule has 0 saturated heterocycles. The summed E-state index contributed by atoms with van der Waals surface area (Å²) in [7, 11) is 0. The highest BCUT2D eigenvalue weighted by atomic mass is 32.1. The van der Waals surface area contributed by atoms with E-state index in [-0.39, 0.29) is 18.1 Å². The third-order valence-electron chi connectivity index (χ3n) is 1.90. The summed E-state index contributed by atoms with van der Waals surface area (Å²) < 4.78 is 0. The third-order valence-corrected chi connectivity index (χ3v) is 2.21. The van der Waals surface area contributed by atoms with Gasteiger partial charge in [-0.15, -0.1) is 12.6 Å². The summed E-state index contributed by atoms with van der Waals surface area (Å²) >= 11 is 3.63. The number of hydrogen-bond acceptors (Lipinski definition) is 3. The van der Waals surface area contributed by atoms with Crippen LogP contribution in [0.1, 0.15) is 34.1 Å². The Kier molecular flexibility index (Phi) is 5.00. The number of carbonyl (C=O) groups is 3. The molecule has 0 rings (SSSR count). The second-order valence-corrected chi connectivity index (χ2v) is 4.91. The Labute approximate surface area is 95.2 Å². The van der Waals surface area contributed by atoms with Crippen LogP contribution >= 0.6 is 12.6 Å². The molecule has 1 N–H and O–H groups in total. The first-order chi connectivity index (χ1) is 6.64. The Morgan fingerprint density at radius 1 is 1.27 bits per heavy atom.